The molecule has 18 heavy (non-hydrogen) atoms. The molecular weight excluding hydrogens is 246 g/mol. The highest BCUT2D eigenvalue weighted by Crippen LogP contribution is 2.09. The third-order valence-electron chi connectivity index (χ3n) is 2.53. The summed E-state index contributed by atoms with van der Waals surface area (Å²) in [5, 5.41) is 1.90. The molecule has 0 unspecified atom stereocenters. The van der Waals surface area contributed by atoms with Crippen molar-refractivity contribution in [3.63, 3.8) is 0 Å². The van der Waals surface area contributed by atoms with Gasteiger partial charge in [-0.05, 0) is 42.0 Å². The fraction of sp³-hybridized carbons (Fsp3) is 0.286. The second kappa shape index (κ2) is 7.03. The molecule has 2 rings (SSSR count). The van der Waals surface area contributed by atoms with E-state index in [4.69, 9.17) is 4.74 Å². The number of aryl methyl sites for hydroxylation is 1. The van der Waals surface area contributed by atoms with E-state index in [1.165, 1.54) is 16.9 Å². The molecule has 0 atom stereocenters. The van der Waals surface area contributed by atoms with E-state index >= 15 is 0 Å². The minimum atomic E-state index is 0.0638. The molecule has 4 heteroatoms. The zero-order valence-electron chi connectivity index (χ0n) is 10.0. The van der Waals surface area contributed by atoms with Crippen LogP contribution in [-0.4, -0.2) is 24.0 Å². The molecule has 0 radical (unpaired) electrons. The maximum Gasteiger partial charge on any atom is 0.198 e. The van der Waals surface area contributed by atoms with Crippen LogP contribution in [0.2, 0.25) is 0 Å². The number of thiophene rings is 1. The third-order valence-corrected chi connectivity index (χ3v) is 3.44. The number of rotatable bonds is 7. The first-order chi connectivity index (χ1) is 8.86. The van der Waals surface area contributed by atoms with Gasteiger partial charge in [0.1, 0.15) is 6.61 Å². The van der Waals surface area contributed by atoms with Crippen molar-refractivity contribution in [2.24, 2.45) is 0 Å². The lowest BCUT2D eigenvalue weighted by Gasteiger charge is -2.03. The Bertz CT molecular complexity index is 468. The van der Waals surface area contributed by atoms with Gasteiger partial charge < -0.3 is 4.74 Å². The Morgan fingerprint density at radius 3 is 2.83 bits per heavy atom. The Morgan fingerprint density at radius 2 is 2.11 bits per heavy atom. The molecule has 2 heterocycles. The van der Waals surface area contributed by atoms with Crippen LogP contribution in [-0.2, 0) is 11.2 Å². The summed E-state index contributed by atoms with van der Waals surface area (Å²) in [5.41, 5.74) is 1.25. The average molecular weight is 261 g/mol. The van der Waals surface area contributed by atoms with Gasteiger partial charge in [-0.1, -0.05) is 6.07 Å². The Labute approximate surface area is 110 Å². The first-order valence-electron chi connectivity index (χ1n) is 5.89. The second-order valence-electron chi connectivity index (χ2n) is 3.91. The van der Waals surface area contributed by atoms with Crippen LogP contribution in [0.1, 0.15) is 21.7 Å². The van der Waals surface area contributed by atoms with Crippen LogP contribution in [0.25, 0.3) is 0 Å². The minimum absolute atomic E-state index is 0.0638. The predicted octanol–water partition coefficient (Wildman–Crippen LogP) is 2.98. The summed E-state index contributed by atoms with van der Waals surface area (Å²) in [6.45, 7) is 0.788. The molecule has 0 aliphatic rings. The van der Waals surface area contributed by atoms with E-state index in [1.807, 2.05) is 29.6 Å². The molecule has 2 aromatic rings. The summed E-state index contributed by atoms with van der Waals surface area (Å²) in [7, 11) is 0. The second-order valence-corrected chi connectivity index (χ2v) is 4.86. The highest BCUT2D eigenvalue weighted by Gasteiger charge is 2.06. The van der Waals surface area contributed by atoms with Gasteiger partial charge >= 0.3 is 0 Å². The predicted molar refractivity (Wildman–Crippen MR) is 72.0 cm³/mol. The molecule has 0 saturated carbocycles. The summed E-state index contributed by atoms with van der Waals surface area (Å²) in [6.07, 6.45) is 5.45. The number of Topliss-reactive ketones (excluding diaryl/α,β-unsaturated/α-hetero) is 1. The van der Waals surface area contributed by atoms with Gasteiger partial charge in [0.25, 0.3) is 0 Å². The number of pyridine rings is 1. The highest BCUT2D eigenvalue weighted by molar-refractivity contribution is 7.12. The van der Waals surface area contributed by atoms with Gasteiger partial charge in [-0.25, -0.2) is 0 Å². The number of ether oxygens (including phenoxy) is 1. The van der Waals surface area contributed by atoms with Gasteiger partial charge in [0.2, 0.25) is 0 Å². The molecule has 0 aromatic carbocycles. The number of ketones is 1. The Balaban J connectivity index is 1.61. The lowest BCUT2D eigenvalue weighted by atomic mass is 10.1. The molecule has 0 fully saturated rings. The summed E-state index contributed by atoms with van der Waals surface area (Å²) in [4.78, 5) is 16.4. The molecule has 3 nitrogen and oxygen atoms in total. The van der Waals surface area contributed by atoms with Crippen molar-refractivity contribution in [2.75, 3.05) is 13.2 Å². The Morgan fingerprint density at radius 1 is 1.28 bits per heavy atom. The third kappa shape index (κ3) is 4.05. The summed E-state index contributed by atoms with van der Waals surface area (Å²) < 4.78 is 5.38. The van der Waals surface area contributed by atoms with Gasteiger partial charge in [-0.15, -0.1) is 11.3 Å². The van der Waals surface area contributed by atoms with Crippen LogP contribution in [0, 0.1) is 0 Å². The number of hydrogen-bond donors (Lipinski definition) is 0. The fourth-order valence-electron chi connectivity index (χ4n) is 1.60. The SMILES string of the molecule is O=C(COCCCc1ccncc1)c1cccs1. The normalized spacial score (nSPS) is 10.4. The van der Waals surface area contributed by atoms with Crippen molar-refractivity contribution in [2.45, 2.75) is 12.8 Å². The summed E-state index contributed by atoms with van der Waals surface area (Å²) in [5.74, 6) is 0.0638. The van der Waals surface area contributed by atoms with Crippen LogP contribution in [0.3, 0.4) is 0 Å². The van der Waals surface area contributed by atoms with Gasteiger partial charge in [0, 0.05) is 19.0 Å². The van der Waals surface area contributed by atoms with E-state index in [0.717, 1.165) is 17.7 Å². The van der Waals surface area contributed by atoms with Gasteiger partial charge in [-0.3, -0.25) is 9.78 Å². The van der Waals surface area contributed by atoms with Crippen LogP contribution in [0.5, 0.6) is 0 Å². The van der Waals surface area contributed by atoms with Crippen LogP contribution >= 0.6 is 11.3 Å². The van der Waals surface area contributed by atoms with Crippen LogP contribution < -0.4 is 0 Å². The van der Waals surface area contributed by atoms with Gasteiger partial charge in [0.15, 0.2) is 5.78 Å². The Kier molecular flexibility index (Phi) is 5.05. The van der Waals surface area contributed by atoms with E-state index in [9.17, 15) is 4.79 Å². The minimum Gasteiger partial charge on any atom is -0.373 e. The average Bonchev–Trinajstić information content (AvgIpc) is 2.93. The van der Waals surface area contributed by atoms with E-state index < -0.39 is 0 Å². The molecule has 0 amide bonds. The standard InChI is InChI=1S/C14H15NO2S/c16-13(14-4-2-10-18-14)11-17-9-1-3-12-5-7-15-8-6-12/h2,4-8,10H,1,3,9,11H2. The molecule has 0 spiro atoms. The maximum atomic E-state index is 11.6. The first-order valence-corrected chi connectivity index (χ1v) is 6.77. The topological polar surface area (TPSA) is 39.2 Å². The van der Waals surface area contributed by atoms with Crippen molar-refractivity contribution in [3.05, 3.63) is 52.5 Å². The van der Waals surface area contributed by atoms with E-state index in [2.05, 4.69) is 4.98 Å². The van der Waals surface area contributed by atoms with Crippen molar-refractivity contribution >= 4 is 17.1 Å². The number of carbonyl (C=O) groups is 1. The lowest BCUT2D eigenvalue weighted by molar-refractivity contribution is 0.0760. The van der Waals surface area contributed by atoms with Crippen LogP contribution in [0.4, 0.5) is 0 Å². The molecule has 0 aliphatic carbocycles. The molecule has 2 aromatic heterocycles. The van der Waals surface area contributed by atoms with Gasteiger partial charge in [0.05, 0.1) is 4.88 Å². The van der Waals surface area contributed by atoms with Crippen molar-refractivity contribution in [3.8, 4) is 0 Å². The largest absolute Gasteiger partial charge is 0.373 e. The number of hydrogen-bond acceptors (Lipinski definition) is 4. The number of aromatic nitrogens is 1. The molecule has 0 bridgehead atoms. The van der Waals surface area contributed by atoms with E-state index in [0.29, 0.717) is 6.61 Å². The van der Waals surface area contributed by atoms with Crippen LogP contribution in [0.15, 0.2) is 42.0 Å². The first kappa shape index (κ1) is 12.9. The summed E-state index contributed by atoms with van der Waals surface area (Å²) in [6, 6.07) is 7.70. The smallest absolute Gasteiger partial charge is 0.198 e. The highest BCUT2D eigenvalue weighted by atomic mass is 32.1. The fourth-order valence-corrected chi connectivity index (χ4v) is 2.25. The summed E-state index contributed by atoms with van der Waals surface area (Å²) >= 11 is 1.46. The zero-order chi connectivity index (χ0) is 12.6. The number of nitrogens with zero attached hydrogens (tertiary/aromatic N) is 1. The molecule has 0 saturated heterocycles. The van der Waals surface area contributed by atoms with E-state index in [-0.39, 0.29) is 12.4 Å². The van der Waals surface area contributed by atoms with Crippen molar-refractivity contribution < 1.29 is 9.53 Å². The van der Waals surface area contributed by atoms with Crippen molar-refractivity contribution in [1.82, 2.24) is 4.98 Å². The van der Waals surface area contributed by atoms with Crippen molar-refractivity contribution in [1.29, 1.82) is 0 Å². The molecule has 0 N–H and O–H groups in total. The molecular formula is C14H15NO2S. The Hall–Kier alpha value is -1.52. The number of carbonyl (C=O) groups excluding carboxylic acids is 1. The zero-order valence-corrected chi connectivity index (χ0v) is 10.9. The lowest BCUT2D eigenvalue weighted by Crippen LogP contribution is -2.08. The maximum absolute atomic E-state index is 11.6. The molecule has 94 valence electrons. The van der Waals surface area contributed by atoms with E-state index in [1.54, 1.807) is 12.4 Å². The molecule has 0 aliphatic heterocycles. The van der Waals surface area contributed by atoms with Gasteiger partial charge in [-0.2, -0.15) is 0 Å². The monoisotopic (exact) mass is 261 g/mol. The quantitative estimate of drug-likeness (QED) is 0.568.